The standard InChI is InChI=1S/C13H18N4O3/c1-10(19)14-6-2-5-12-15-13(11-4-3-9-20-11)16-17(12)7-8-18/h3-4,9,18H,2,5-8H2,1H3,(H,14,19). The minimum absolute atomic E-state index is 0.000347. The van der Waals surface area contributed by atoms with Crippen LogP contribution >= 0.6 is 0 Å². The predicted molar refractivity (Wildman–Crippen MR) is 71.8 cm³/mol. The van der Waals surface area contributed by atoms with E-state index in [4.69, 9.17) is 9.52 Å². The lowest BCUT2D eigenvalue weighted by Gasteiger charge is -2.04. The second-order valence-corrected chi connectivity index (χ2v) is 4.36. The molecule has 0 aliphatic rings. The first-order valence-corrected chi connectivity index (χ1v) is 6.53. The number of carbonyl (C=O) groups is 1. The molecule has 2 aromatic heterocycles. The molecule has 0 unspecified atom stereocenters. The molecule has 108 valence electrons. The van der Waals surface area contributed by atoms with Crippen LogP contribution in [-0.2, 0) is 17.8 Å². The van der Waals surface area contributed by atoms with Crippen LogP contribution in [0.5, 0.6) is 0 Å². The zero-order valence-corrected chi connectivity index (χ0v) is 11.4. The average molecular weight is 278 g/mol. The van der Waals surface area contributed by atoms with E-state index in [0.29, 0.717) is 31.1 Å². The smallest absolute Gasteiger partial charge is 0.217 e. The van der Waals surface area contributed by atoms with Crippen molar-refractivity contribution >= 4 is 5.91 Å². The van der Waals surface area contributed by atoms with Gasteiger partial charge in [0.1, 0.15) is 5.82 Å². The zero-order chi connectivity index (χ0) is 14.4. The maximum atomic E-state index is 10.8. The molecule has 0 radical (unpaired) electrons. The van der Waals surface area contributed by atoms with Gasteiger partial charge in [-0.3, -0.25) is 4.79 Å². The number of rotatable bonds is 7. The quantitative estimate of drug-likeness (QED) is 0.723. The fourth-order valence-electron chi connectivity index (χ4n) is 1.85. The second kappa shape index (κ2) is 6.85. The van der Waals surface area contributed by atoms with Crippen LogP contribution in [0.15, 0.2) is 22.8 Å². The van der Waals surface area contributed by atoms with Gasteiger partial charge in [0.25, 0.3) is 0 Å². The molecular formula is C13H18N4O3. The van der Waals surface area contributed by atoms with Gasteiger partial charge in [-0.1, -0.05) is 0 Å². The molecule has 0 aliphatic carbocycles. The van der Waals surface area contributed by atoms with Crippen LogP contribution in [0.3, 0.4) is 0 Å². The molecule has 2 heterocycles. The second-order valence-electron chi connectivity index (χ2n) is 4.36. The van der Waals surface area contributed by atoms with E-state index >= 15 is 0 Å². The molecule has 0 saturated carbocycles. The molecule has 2 N–H and O–H groups in total. The molecule has 0 fully saturated rings. The Hall–Kier alpha value is -2.15. The van der Waals surface area contributed by atoms with Gasteiger partial charge in [0.05, 0.1) is 19.4 Å². The van der Waals surface area contributed by atoms with Gasteiger partial charge in [-0.25, -0.2) is 9.67 Å². The van der Waals surface area contributed by atoms with Crippen LogP contribution in [0.1, 0.15) is 19.2 Å². The summed E-state index contributed by atoms with van der Waals surface area (Å²) in [6, 6.07) is 3.57. The Balaban J connectivity index is 2.04. The maximum Gasteiger partial charge on any atom is 0.217 e. The molecule has 0 atom stereocenters. The molecule has 7 heteroatoms. The van der Waals surface area contributed by atoms with E-state index in [2.05, 4.69) is 15.4 Å². The number of amides is 1. The summed E-state index contributed by atoms with van der Waals surface area (Å²) in [7, 11) is 0. The molecule has 0 aliphatic heterocycles. The van der Waals surface area contributed by atoms with Crippen LogP contribution in [0.2, 0.25) is 0 Å². The molecule has 2 rings (SSSR count). The first-order valence-electron chi connectivity index (χ1n) is 6.53. The van der Waals surface area contributed by atoms with Crippen LogP contribution in [-0.4, -0.2) is 38.9 Å². The molecule has 7 nitrogen and oxygen atoms in total. The Morgan fingerprint density at radius 2 is 2.40 bits per heavy atom. The van der Waals surface area contributed by atoms with Crippen molar-refractivity contribution in [3.8, 4) is 11.6 Å². The molecule has 1 amide bonds. The SMILES string of the molecule is CC(=O)NCCCc1nc(-c2ccco2)nn1CCO. The van der Waals surface area contributed by atoms with Crippen LogP contribution < -0.4 is 5.32 Å². The third-order valence-electron chi connectivity index (χ3n) is 2.75. The minimum atomic E-state index is -0.0434. The molecule has 0 spiro atoms. The van der Waals surface area contributed by atoms with Crippen molar-refractivity contribution in [2.75, 3.05) is 13.2 Å². The topological polar surface area (TPSA) is 93.2 Å². The van der Waals surface area contributed by atoms with Gasteiger partial charge in [0, 0.05) is 19.9 Å². The van der Waals surface area contributed by atoms with E-state index in [1.54, 1.807) is 23.1 Å². The third kappa shape index (κ3) is 3.67. The van der Waals surface area contributed by atoms with Gasteiger partial charge in [-0.05, 0) is 18.6 Å². The summed E-state index contributed by atoms with van der Waals surface area (Å²) in [4.78, 5) is 15.2. The number of nitrogens with zero attached hydrogens (tertiary/aromatic N) is 3. The number of aliphatic hydroxyl groups is 1. The van der Waals surface area contributed by atoms with Gasteiger partial charge in [0.15, 0.2) is 5.76 Å². The van der Waals surface area contributed by atoms with Crippen molar-refractivity contribution in [1.29, 1.82) is 0 Å². The number of hydrogen-bond acceptors (Lipinski definition) is 5. The summed E-state index contributed by atoms with van der Waals surface area (Å²) in [5.74, 6) is 1.84. The van der Waals surface area contributed by atoms with Gasteiger partial charge in [0.2, 0.25) is 11.7 Å². The lowest BCUT2D eigenvalue weighted by atomic mass is 10.3. The average Bonchev–Trinajstić information content (AvgIpc) is 3.04. The van der Waals surface area contributed by atoms with E-state index in [9.17, 15) is 4.79 Å². The Kier molecular flexibility index (Phi) is 4.89. The van der Waals surface area contributed by atoms with Crippen molar-refractivity contribution < 1.29 is 14.3 Å². The van der Waals surface area contributed by atoms with Gasteiger partial charge in [-0.2, -0.15) is 0 Å². The molecule has 2 aromatic rings. The highest BCUT2D eigenvalue weighted by Crippen LogP contribution is 2.16. The summed E-state index contributed by atoms with van der Waals surface area (Å²) in [5, 5.41) is 16.1. The number of hydrogen-bond donors (Lipinski definition) is 2. The van der Waals surface area contributed by atoms with Crippen molar-refractivity contribution in [1.82, 2.24) is 20.1 Å². The fourth-order valence-corrected chi connectivity index (χ4v) is 1.85. The van der Waals surface area contributed by atoms with Crippen molar-refractivity contribution in [3.05, 3.63) is 24.2 Å². The number of aryl methyl sites for hydroxylation is 1. The fraction of sp³-hybridized carbons (Fsp3) is 0.462. The van der Waals surface area contributed by atoms with E-state index in [1.165, 1.54) is 6.92 Å². The lowest BCUT2D eigenvalue weighted by Crippen LogP contribution is -2.21. The highest BCUT2D eigenvalue weighted by Gasteiger charge is 2.12. The number of nitrogens with one attached hydrogen (secondary N) is 1. The highest BCUT2D eigenvalue weighted by molar-refractivity contribution is 5.72. The van der Waals surface area contributed by atoms with Crippen molar-refractivity contribution in [2.24, 2.45) is 0 Å². The zero-order valence-electron chi connectivity index (χ0n) is 11.4. The molecular weight excluding hydrogens is 260 g/mol. The number of carbonyl (C=O) groups excluding carboxylic acids is 1. The van der Waals surface area contributed by atoms with Crippen LogP contribution in [0.25, 0.3) is 11.6 Å². The van der Waals surface area contributed by atoms with Gasteiger partial charge < -0.3 is 14.8 Å². The van der Waals surface area contributed by atoms with Gasteiger partial charge >= 0.3 is 0 Å². The van der Waals surface area contributed by atoms with Crippen LogP contribution in [0.4, 0.5) is 0 Å². The predicted octanol–water partition coefficient (Wildman–Crippen LogP) is 0.599. The Labute approximate surface area is 116 Å². The summed E-state index contributed by atoms with van der Waals surface area (Å²) in [6.45, 7) is 2.48. The third-order valence-corrected chi connectivity index (χ3v) is 2.75. The first-order chi connectivity index (χ1) is 9.70. The highest BCUT2D eigenvalue weighted by atomic mass is 16.3. The summed E-state index contributed by atoms with van der Waals surface area (Å²) >= 11 is 0. The normalized spacial score (nSPS) is 10.7. The molecule has 0 saturated heterocycles. The van der Waals surface area contributed by atoms with E-state index < -0.39 is 0 Å². The van der Waals surface area contributed by atoms with E-state index in [1.807, 2.05) is 0 Å². The maximum absolute atomic E-state index is 10.8. The minimum Gasteiger partial charge on any atom is -0.461 e. The molecule has 20 heavy (non-hydrogen) atoms. The number of aromatic nitrogens is 3. The lowest BCUT2D eigenvalue weighted by molar-refractivity contribution is -0.118. The van der Waals surface area contributed by atoms with Crippen molar-refractivity contribution in [3.63, 3.8) is 0 Å². The van der Waals surface area contributed by atoms with Crippen LogP contribution in [0, 0.1) is 0 Å². The number of furan rings is 1. The summed E-state index contributed by atoms with van der Waals surface area (Å²) in [6.07, 6.45) is 3.01. The Morgan fingerprint density at radius 3 is 3.05 bits per heavy atom. The van der Waals surface area contributed by atoms with Gasteiger partial charge in [-0.15, -0.1) is 5.10 Å². The monoisotopic (exact) mass is 278 g/mol. The largest absolute Gasteiger partial charge is 0.461 e. The van der Waals surface area contributed by atoms with Crippen molar-refractivity contribution in [2.45, 2.75) is 26.3 Å². The Bertz CT molecular complexity index is 548. The summed E-state index contributed by atoms with van der Waals surface area (Å²) in [5.41, 5.74) is 0. The van der Waals surface area contributed by atoms with E-state index in [-0.39, 0.29) is 12.5 Å². The summed E-state index contributed by atoms with van der Waals surface area (Å²) < 4.78 is 6.94. The molecule has 0 bridgehead atoms. The Morgan fingerprint density at radius 1 is 1.55 bits per heavy atom. The van der Waals surface area contributed by atoms with E-state index in [0.717, 1.165) is 12.2 Å². The first kappa shape index (κ1) is 14.3. The molecule has 0 aromatic carbocycles. The number of aliphatic hydroxyl groups excluding tert-OH is 1.